The second-order valence-corrected chi connectivity index (χ2v) is 9.20. The Hall–Kier alpha value is -2.91. The third-order valence-corrected chi connectivity index (χ3v) is 7.71. The lowest BCUT2D eigenvalue weighted by molar-refractivity contribution is 0.425. The van der Waals surface area contributed by atoms with Crippen LogP contribution in [0.15, 0.2) is 119 Å². The maximum atomic E-state index is 13.5. The van der Waals surface area contributed by atoms with Gasteiger partial charge in [0.2, 0.25) is 9.84 Å². The van der Waals surface area contributed by atoms with Crippen LogP contribution in [0.4, 0.5) is 0 Å². The first-order chi connectivity index (χ1) is 14.1. The van der Waals surface area contributed by atoms with Crippen molar-refractivity contribution in [2.24, 2.45) is 5.92 Å². The van der Waals surface area contributed by atoms with Gasteiger partial charge in [0.1, 0.15) is 0 Å². The van der Waals surface area contributed by atoms with Gasteiger partial charge in [-0.15, -0.1) is 0 Å². The van der Waals surface area contributed by atoms with Crippen LogP contribution in [-0.2, 0) is 15.3 Å². The van der Waals surface area contributed by atoms with Crippen LogP contribution in [0.2, 0.25) is 0 Å². The molecule has 0 aromatic heterocycles. The number of sulfone groups is 1. The van der Waals surface area contributed by atoms with Gasteiger partial charge in [-0.2, -0.15) is 0 Å². The third kappa shape index (κ3) is 2.80. The van der Waals surface area contributed by atoms with E-state index in [9.17, 15) is 8.42 Å². The van der Waals surface area contributed by atoms with Crippen LogP contribution in [0.1, 0.15) is 24.5 Å². The predicted octanol–water partition coefficient (Wildman–Crippen LogP) is 5.94. The molecule has 1 aliphatic carbocycles. The summed E-state index contributed by atoms with van der Waals surface area (Å²) in [7, 11) is -3.59. The van der Waals surface area contributed by atoms with E-state index in [2.05, 4.69) is 30.9 Å². The van der Waals surface area contributed by atoms with Gasteiger partial charge in [0, 0.05) is 0 Å². The molecule has 1 heterocycles. The van der Waals surface area contributed by atoms with Crippen molar-refractivity contribution in [1.29, 1.82) is 0 Å². The third-order valence-electron chi connectivity index (χ3n) is 5.84. The molecule has 0 radical (unpaired) electrons. The Morgan fingerprint density at radius 1 is 1.03 bits per heavy atom. The molecule has 0 saturated carbocycles. The van der Waals surface area contributed by atoms with Gasteiger partial charge in [0.05, 0.1) is 15.2 Å². The average Bonchev–Trinajstić information content (AvgIpc) is 2.75. The summed E-state index contributed by atoms with van der Waals surface area (Å²) in [6.45, 7) is 5.92. The maximum Gasteiger partial charge on any atom is 0.207 e. The summed E-state index contributed by atoms with van der Waals surface area (Å²) in [6, 6.07) is 14.9. The quantitative estimate of drug-likeness (QED) is 0.595. The van der Waals surface area contributed by atoms with E-state index in [1.54, 1.807) is 30.3 Å². The Bertz CT molecular complexity index is 1120. The first-order valence-electron chi connectivity index (χ1n) is 9.81. The topological polar surface area (TPSA) is 34.1 Å². The summed E-state index contributed by atoms with van der Waals surface area (Å²) in [5.41, 5.74) is 2.07. The van der Waals surface area contributed by atoms with Crippen molar-refractivity contribution in [3.8, 4) is 0 Å². The summed E-state index contributed by atoms with van der Waals surface area (Å²) < 4.78 is 27.0. The number of benzene rings is 2. The van der Waals surface area contributed by atoms with Crippen molar-refractivity contribution in [3.05, 3.63) is 120 Å². The van der Waals surface area contributed by atoms with E-state index in [-0.39, 0.29) is 5.92 Å². The van der Waals surface area contributed by atoms with E-state index in [1.165, 1.54) is 0 Å². The van der Waals surface area contributed by atoms with Crippen molar-refractivity contribution in [3.63, 3.8) is 0 Å². The zero-order valence-corrected chi connectivity index (χ0v) is 17.3. The smallest absolute Gasteiger partial charge is 0.207 e. The predicted molar refractivity (Wildman–Crippen MR) is 119 cm³/mol. The molecule has 0 amide bonds. The highest BCUT2D eigenvalue weighted by Crippen LogP contribution is 2.55. The minimum absolute atomic E-state index is 0.0766. The molecule has 2 aromatic carbocycles. The van der Waals surface area contributed by atoms with E-state index < -0.39 is 15.3 Å². The summed E-state index contributed by atoms with van der Waals surface area (Å²) in [6.07, 6.45) is 17.2. The number of fused-ring (bicyclic) bond motifs is 2. The molecule has 3 heteroatoms. The van der Waals surface area contributed by atoms with Crippen LogP contribution in [0.3, 0.4) is 0 Å². The molecule has 4 rings (SSSR count). The number of rotatable bonds is 4. The van der Waals surface area contributed by atoms with Gasteiger partial charge >= 0.3 is 0 Å². The first kappa shape index (κ1) is 19.4. The van der Waals surface area contributed by atoms with Gasteiger partial charge in [-0.1, -0.05) is 91.6 Å². The molecule has 0 bridgehead atoms. The van der Waals surface area contributed by atoms with Crippen molar-refractivity contribution in [2.45, 2.75) is 28.6 Å². The molecule has 0 fully saturated rings. The van der Waals surface area contributed by atoms with Crippen molar-refractivity contribution >= 4 is 9.84 Å². The maximum absolute atomic E-state index is 13.5. The van der Waals surface area contributed by atoms with E-state index >= 15 is 0 Å². The highest BCUT2D eigenvalue weighted by Gasteiger charge is 2.51. The Morgan fingerprint density at radius 3 is 2.17 bits per heavy atom. The Balaban J connectivity index is 2.22. The fourth-order valence-electron chi connectivity index (χ4n) is 4.77. The average molecular weight is 401 g/mol. The Labute approximate surface area is 173 Å². The molecular weight excluding hydrogens is 376 g/mol. The van der Waals surface area contributed by atoms with Crippen LogP contribution < -0.4 is 0 Å². The highest BCUT2D eigenvalue weighted by atomic mass is 32.2. The largest absolute Gasteiger partial charge is 0.218 e. The van der Waals surface area contributed by atoms with Gasteiger partial charge in [-0.25, -0.2) is 8.42 Å². The normalized spacial score (nSPS) is 21.6. The molecule has 146 valence electrons. The summed E-state index contributed by atoms with van der Waals surface area (Å²) in [4.78, 5) is 0.780. The van der Waals surface area contributed by atoms with Crippen LogP contribution >= 0.6 is 0 Å². The molecule has 2 aliphatic rings. The fourth-order valence-corrected chi connectivity index (χ4v) is 6.56. The Kier molecular flexibility index (Phi) is 5.01. The summed E-state index contributed by atoms with van der Waals surface area (Å²) in [5, 5.41) is 0. The molecule has 0 N–H and O–H groups in total. The van der Waals surface area contributed by atoms with E-state index in [1.807, 2.05) is 49.4 Å². The summed E-state index contributed by atoms with van der Waals surface area (Å²) in [5.74, 6) is 0.0766. The van der Waals surface area contributed by atoms with Gasteiger partial charge in [0.15, 0.2) is 0 Å². The molecule has 1 aliphatic heterocycles. The molecular formula is C26H24O2S. The van der Waals surface area contributed by atoms with Gasteiger partial charge < -0.3 is 0 Å². The van der Waals surface area contributed by atoms with Crippen LogP contribution in [0, 0.1) is 5.92 Å². The second-order valence-electron chi connectivity index (χ2n) is 7.32. The SMILES string of the molecule is C=C/C=C(\C=C/C)C1(C2C=CC=CC2)c2ccccc2S(=O)(=O)c2ccccc21. The lowest BCUT2D eigenvalue weighted by Crippen LogP contribution is -2.42. The van der Waals surface area contributed by atoms with Crippen molar-refractivity contribution in [1.82, 2.24) is 0 Å². The molecule has 29 heavy (non-hydrogen) atoms. The number of hydrogen-bond acceptors (Lipinski definition) is 2. The molecule has 0 spiro atoms. The molecule has 1 atom stereocenters. The zero-order chi connectivity index (χ0) is 20.5. The lowest BCUT2D eigenvalue weighted by atomic mass is 9.59. The van der Waals surface area contributed by atoms with Crippen LogP contribution in [0.25, 0.3) is 0 Å². The van der Waals surface area contributed by atoms with E-state index in [4.69, 9.17) is 0 Å². The minimum atomic E-state index is -3.59. The fraction of sp³-hybridized carbons (Fsp3) is 0.154. The lowest BCUT2D eigenvalue weighted by Gasteiger charge is -2.46. The second kappa shape index (κ2) is 7.49. The van der Waals surface area contributed by atoms with Gasteiger partial charge in [-0.05, 0) is 48.1 Å². The monoisotopic (exact) mass is 400 g/mol. The van der Waals surface area contributed by atoms with Crippen LogP contribution in [-0.4, -0.2) is 8.42 Å². The van der Waals surface area contributed by atoms with Crippen molar-refractivity contribution < 1.29 is 8.42 Å². The van der Waals surface area contributed by atoms with Crippen LogP contribution in [0.5, 0.6) is 0 Å². The number of hydrogen-bond donors (Lipinski definition) is 0. The first-order valence-corrected chi connectivity index (χ1v) is 11.3. The Morgan fingerprint density at radius 2 is 1.66 bits per heavy atom. The van der Waals surface area contributed by atoms with Gasteiger partial charge in [0.25, 0.3) is 0 Å². The molecule has 2 nitrogen and oxygen atoms in total. The van der Waals surface area contributed by atoms with E-state index in [0.717, 1.165) is 23.1 Å². The minimum Gasteiger partial charge on any atom is -0.218 e. The molecule has 1 unspecified atom stereocenters. The number of allylic oxidation sites excluding steroid dienone is 9. The van der Waals surface area contributed by atoms with Crippen molar-refractivity contribution in [2.75, 3.05) is 0 Å². The van der Waals surface area contributed by atoms with E-state index in [0.29, 0.717) is 9.79 Å². The standard InChI is InChI=1S/C26H24O2S/c1-3-12-20(13-4-2)26(21-14-6-5-7-15-21)22-16-8-10-18-24(22)29(27,28)25-19-11-9-17-23(25)26/h3-14,16-19,21H,1,15H2,2H3/b13-4-,20-12+. The molecule has 2 aromatic rings. The summed E-state index contributed by atoms with van der Waals surface area (Å²) >= 11 is 0. The van der Waals surface area contributed by atoms with Gasteiger partial charge in [-0.3, -0.25) is 0 Å². The zero-order valence-electron chi connectivity index (χ0n) is 16.5. The molecule has 0 saturated heterocycles. The highest BCUT2D eigenvalue weighted by molar-refractivity contribution is 7.91.